The number of hydrogen-bond acceptors (Lipinski definition) is 4. The third kappa shape index (κ3) is 13.5. The van der Waals surface area contributed by atoms with E-state index in [1.165, 1.54) is 0 Å². The number of methoxy groups -OCH3 is 1. The van der Waals surface area contributed by atoms with Crippen molar-refractivity contribution in [2.24, 2.45) is 0 Å². The molecule has 1 N–H and O–H groups in total. The van der Waals surface area contributed by atoms with Crippen LogP contribution in [-0.2, 0) is 19.0 Å². The highest BCUT2D eigenvalue weighted by Gasteiger charge is 2.33. The lowest BCUT2D eigenvalue weighted by atomic mass is 9.98. The van der Waals surface area contributed by atoms with Crippen LogP contribution in [0.5, 0.6) is 0 Å². The molecule has 0 bridgehead atoms. The van der Waals surface area contributed by atoms with E-state index < -0.39 is 5.60 Å². The van der Waals surface area contributed by atoms with Crippen LogP contribution in [0.25, 0.3) is 0 Å². The molecule has 5 heteroatoms. The molecule has 0 saturated carbocycles. The summed E-state index contributed by atoms with van der Waals surface area (Å²) >= 11 is 0. The Hall–Kier alpha value is -0.650. The van der Waals surface area contributed by atoms with E-state index in [9.17, 15) is 4.79 Å². The number of nitrogens with one attached hydrogen (secondary N) is 1. The Morgan fingerprint density at radius 2 is 1.27 bits per heavy atom. The Morgan fingerprint density at radius 1 is 0.808 bits per heavy atom. The van der Waals surface area contributed by atoms with Crippen molar-refractivity contribution in [1.82, 2.24) is 5.32 Å². The fourth-order valence-electron chi connectivity index (χ4n) is 1.85. The Kier molecular flexibility index (Phi) is 11.9. The van der Waals surface area contributed by atoms with Crippen molar-refractivity contribution in [3.8, 4) is 0 Å². The summed E-state index contributed by atoms with van der Waals surface area (Å²) in [4.78, 5) is 12.6. The third-order valence-corrected chi connectivity index (χ3v) is 3.98. The minimum Gasteiger partial charge on any atom is -0.379 e. The Balaban J connectivity index is 0. The number of carbonyl (C=O) groups is 1. The number of rotatable bonds is 10. The van der Waals surface area contributed by atoms with Crippen molar-refractivity contribution >= 4 is 5.91 Å². The van der Waals surface area contributed by atoms with Crippen LogP contribution in [0.15, 0.2) is 0 Å². The lowest BCUT2D eigenvalue weighted by Gasteiger charge is -2.33. The molecule has 5 nitrogen and oxygen atoms in total. The summed E-state index contributed by atoms with van der Waals surface area (Å²) in [5.74, 6) is -0.113. The van der Waals surface area contributed by atoms with Crippen molar-refractivity contribution in [1.29, 1.82) is 0 Å². The van der Waals surface area contributed by atoms with Gasteiger partial charge in [0.15, 0.2) is 0 Å². The summed E-state index contributed by atoms with van der Waals surface area (Å²) < 4.78 is 16.9. The summed E-state index contributed by atoms with van der Waals surface area (Å²) in [7, 11) is 1.68. The largest absolute Gasteiger partial charge is 0.379 e. The summed E-state index contributed by atoms with van der Waals surface area (Å²) in [6.45, 7) is 22.7. The van der Waals surface area contributed by atoms with Crippen LogP contribution >= 0.6 is 0 Å². The fourth-order valence-corrected chi connectivity index (χ4v) is 1.85. The first-order valence-corrected chi connectivity index (χ1v) is 9.76. The molecule has 0 radical (unpaired) electrons. The van der Waals surface area contributed by atoms with Crippen molar-refractivity contribution in [3.05, 3.63) is 0 Å². The number of ether oxygens (including phenoxy) is 3. The Bertz CT molecular complexity index is 395. The first-order chi connectivity index (χ1) is 11.6. The molecule has 0 heterocycles. The zero-order valence-corrected chi connectivity index (χ0v) is 19.5. The highest BCUT2D eigenvalue weighted by molar-refractivity contribution is 5.84. The molecule has 0 rings (SSSR count). The molecule has 158 valence electrons. The van der Waals surface area contributed by atoms with Gasteiger partial charge in [0.05, 0.1) is 17.8 Å². The molecule has 0 aliphatic rings. The monoisotopic (exact) mass is 375 g/mol. The van der Waals surface area contributed by atoms with Crippen LogP contribution < -0.4 is 5.32 Å². The third-order valence-electron chi connectivity index (χ3n) is 3.98. The van der Waals surface area contributed by atoms with Gasteiger partial charge in [0.25, 0.3) is 5.91 Å². The predicted molar refractivity (Wildman–Crippen MR) is 110 cm³/mol. The smallest absolute Gasteiger partial charge is 0.252 e. The van der Waals surface area contributed by atoms with Gasteiger partial charge in [0.1, 0.15) is 5.60 Å². The standard InChI is InChI=1S/C19H39NO4.C2H6/c1-16(2,3)23-13-11-17(4,5)20-15(21)19(8,9)24-14-12-18(6,7)22-10;1-2/h11-14H2,1-10H3,(H,20,21);1-2H3. The fraction of sp³-hybridized carbons (Fsp3) is 0.952. The van der Waals surface area contributed by atoms with E-state index in [2.05, 4.69) is 5.32 Å². The molecule has 0 aromatic carbocycles. The van der Waals surface area contributed by atoms with Gasteiger partial charge in [-0.2, -0.15) is 0 Å². The second-order valence-electron chi connectivity index (χ2n) is 9.12. The average Bonchev–Trinajstić information content (AvgIpc) is 2.46. The lowest BCUT2D eigenvalue weighted by Crippen LogP contribution is -2.53. The minimum atomic E-state index is -0.883. The lowest BCUT2D eigenvalue weighted by molar-refractivity contribution is -0.147. The van der Waals surface area contributed by atoms with Crippen LogP contribution in [0.1, 0.15) is 89.0 Å². The first-order valence-electron chi connectivity index (χ1n) is 9.76. The van der Waals surface area contributed by atoms with Gasteiger partial charge in [-0.05, 0) is 75.2 Å². The molecule has 0 saturated heterocycles. The summed E-state index contributed by atoms with van der Waals surface area (Å²) in [6.07, 6.45) is 1.46. The van der Waals surface area contributed by atoms with Crippen LogP contribution in [-0.4, -0.2) is 48.6 Å². The van der Waals surface area contributed by atoms with Gasteiger partial charge in [0, 0.05) is 19.3 Å². The van der Waals surface area contributed by atoms with E-state index in [1.54, 1.807) is 21.0 Å². The SMILES string of the molecule is CC.COC(C)(C)CCOC(C)(C)C(=O)NC(C)(C)CCOC(C)(C)C. The van der Waals surface area contributed by atoms with Gasteiger partial charge in [-0.25, -0.2) is 0 Å². The molecule has 0 aromatic rings. The van der Waals surface area contributed by atoms with Gasteiger partial charge in [0.2, 0.25) is 0 Å². The molecular formula is C21H45NO4. The summed E-state index contributed by atoms with van der Waals surface area (Å²) in [5.41, 5.74) is -1.66. The van der Waals surface area contributed by atoms with Gasteiger partial charge in [-0.3, -0.25) is 4.79 Å². The maximum Gasteiger partial charge on any atom is 0.252 e. The zero-order valence-electron chi connectivity index (χ0n) is 19.5. The Labute approximate surface area is 162 Å². The molecule has 0 atom stereocenters. The number of amides is 1. The molecule has 0 fully saturated rings. The molecule has 0 spiro atoms. The molecule has 0 aromatic heterocycles. The van der Waals surface area contributed by atoms with E-state index >= 15 is 0 Å². The maximum atomic E-state index is 12.6. The predicted octanol–water partition coefficient (Wildman–Crippen LogP) is 4.72. The second kappa shape index (κ2) is 11.3. The van der Waals surface area contributed by atoms with Crippen LogP contribution in [0, 0.1) is 0 Å². The normalized spacial score (nSPS) is 13.1. The molecular weight excluding hydrogens is 330 g/mol. The van der Waals surface area contributed by atoms with Gasteiger partial charge in [-0.15, -0.1) is 0 Å². The molecule has 0 aliphatic carbocycles. The number of carbonyl (C=O) groups excluding carboxylic acids is 1. The summed E-state index contributed by atoms with van der Waals surface area (Å²) in [6, 6.07) is 0. The zero-order chi connectivity index (χ0) is 21.2. The van der Waals surface area contributed by atoms with E-state index in [1.807, 2.05) is 62.3 Å². The Morgan fingerprint density at radius 3 is 1.69 bits per heavy atom. The molecule has 1 amide bonds. The van der Waals surface area contributed by atoms with Crippen molar-refractivity contribution < 1.29 is 19.0 Å². The van der Waals surface area contributed by atoms with E-state index in [0.29, 0.717) is 13.2 Å². The number of hydrogen-bond donors (Lipinski definition) is 1. The topological polar surface area (TPSA) is 56.8 Å². The van der Waals surface area contributed by atoms with Crippen LogP contribution in [0.4, 0.5) is 0 Å². The van der Waals surface area contributed by atoms with Crippen molar-refractivity contribution in [3.63, 3.8) is 0 Å². The van der Waals surface area contributed by atoms with E-state index in [4.69, 9.17) is 14.2 Å². The molecule has 0 unspecified atom stereocenters. The minimum absolute atomic E-state index is 0.113. The maximum absolute atomic E-state index is 12.6. The van der Waals surface area contributed by atoms with E-state index in [0.717, 1.165) is 12.8 Å². The van der Waals surface area contributed by atoms with E-state index in [-0.39, 0.29) is 22.6 Å². The van der Waals surface area contributed by atoms with Crippen molar-refractivity contribution in [2.75, 3.05) is 20.3 Å². The highest BCUT2D eigenvalue weighted by Crippen LogP contribution is 2.19. The first kappa shape index (κ1) is 27.6. The quantitative estimate of drug-likeness (QED) is 0.600. The second-order valence-corrected chi connectivity index (χ2v) is 9.12. The molecule has 26 heavy (non-hydrogen) atoms. The van der Waals surface area contributed by atoms with Gasteiger partial charge < -0.3 is 19.5 Å². The molecule has 0 aliphatic heterocycles. The average molecular weight is 376 g/mol. The van der Waals surface area contributed by atoms with Gasteiger partial charge >= 0.3 is 0 Å². The van der Waals surface area contributed by atoms with Crippen molar-refractivity contribution in [2.45, 2.75) is 111 Å². The summed E-state index contributed by atoms with van der Waals surface area (Å²) in [5, 5.41) is 3.07. The van der Waals surface area contributed by atoms with Crippen LogP contribution in [0.3, 0.4) is 0 Å². The van der Waals surface area contributed by atoms with Gasteiger partial charge in [-0.1, -0.05) is 13.8 Å². The highest BCUT2D eigenvalue weighted by atomic mass is 16.5. The van der Waals surface area contributed by atoms with Crippen LogP contribution in [0.2, 0.25) is 0 Å².